The summed E-state index contributed by atoms with van der Waals surface area (Å²) in [6.07, 6.45) is 0.568. The van der Waals surface area contributed by atoms with Crippen LogP contribution in [0.2, 0.25) is 0 Å². The van der Waals surface area contributed by atoms with Crippen LogP contribution in [0.1, 0.15) is 63.1 Å². The summed E-state index contributed by atoms with van der Waals surface area (Å²) in [5, 5.41) is 2.74. The van der Waals surface area contributed by atoms with Crippen LogP contribution in [0.25, 0.3) is 11.0 Å². The van der Waals surface area contributed by atoms with E-state index in [1.54, 1.807) is 45.9 Å². The smallest absolute Gasteiger partial charge is 0.348 e. The largest absolute Gasteiger partial charge is 0.462 e. The Morgan fingerprint density at radius 1 is 1.06 bits per heavy atom. The Bertz CT molecular complexity index is 1230. The van der Waals surface area contributed by atoms with Gasteiger partial charge in [-0.3, -0.25) is 4.79 Å². The zero-order chi connectivity index (χ0) is 24.8. The molecule has 11 heteroatoms. The molecular weight excluding hydrogens is 462 g/mol. The number of nitrogens with zero attached hydrogens (tertiary/aromatic N) is 1. The number of aromatic nitrogens is 2. The molecular formula is C23H25N3O7S. The van der Waals surface area contributed by atoms with E-state index in [1.165, 1.54) is 6.33 Å². The van der Waals surface area contributed by atoms with Gasteiger partial charge in [0, 0.05) is 0 Å². The van der Waals surface area contributed by atoms with E-state index in [0.29, 0.717) is 16.6 Å². The third kappa shape index (κ3) is 5.25. The summed E-state index contributed by atoms with van der Waals surface area (Å²) in [5.41, 5.74) is 2.01. The molecule has 0 fully saturated rings. The monoisotopic (exact) mass is 487 g/mol. The minimum Gasteiger partial charge on any atom is -0.462 e. The first kappa shape index (κ1) is 24.9. The second-order valence-electron chi connectivity index (χ2n) is 7.13. The quantitative estimate of drug-likeness (QED) is 0.343. The van der Waals surface area contributed by atoms with Crippen molar-refractivity contribution in [1.82, 2.24) is 9.97 Å². The fourth-order valence-corrected chi connectivity index (χ4v) is 4.31. The van der Waals surface area contributed by atoms with E-state index in [1.807, 2.05) is 0 Å². The van der Waals surface area contributed by atoms with Gasteiger partial charge in [-0.05, 0) is 51.0 Å². The lowest BCUT2D eigenvalue weighted by Crippen LogP contribution is -2.32. The van der Waals surface area contributed by atoms with Gasteiger partial charge in [-0.2, -0.15) is 0 Å². The van der Waals surface area contributed by atoms with Crippen molar-refractivity contribution in [3.63, 3.8) is 0 Å². The van der Waals surface area contributed by atoms with Crippen molar-refractivity contribution in [2.75, 3.05) is 18.5 Å². The van der Waals surface area contributed by atoms with Gasteiger partial charge < -0.3 is 24.5 Å². The maximum Gasteiger partial charge on any atom is 0.348 e. The molecule has 0 spiro atoms. The van der Waals surface area contributed by atoms with E-state index >= 15 is 0 Å². The van der Waals surface area contributed by atoms with E-state index in [4.69, 9.17) is 14.2 Å². The van der Waals surface area contributed by atoms with Crippen LogP contribution in [0.15, 0.2) is 24.5 Å². The van der Waals surface area contributed by atoms with E-state index in [9.17, 15) is 19.2 Å². The van der Waals surface area contributed by atoms with E-state index in [2.05, 4.69) is 15.3 Å². The number of amides is 1. The number of hydrogen-bond acceptors (Lipinski definition) is 9. The number of anilines is 1. The summed E-state index contributed by atoms with van der Waals surface area (Å²) in [6.45, 7) is 6.85. The van der Waals surface area contributed by atoms with Gasteiger partial charge >= 0.3 is 17.9 Å². The van der Waals surface area contributed by atoms with Crippen molar-refractivity contribution < 1.29 is 33.4 Å². The number of rotatable bonds is 9. The first-order valence-electron chi connectivity index (χ1n) is 10.7. The number of nitrogens with one attached hydrogen (secondary N) is 2. The third-order valence-corrected chi connectivity index (χ3v) is 6.08. The van der Waals surface area contributed by atoms with Gasteiger partial charge in [-0.1, -0.05) is 6.92 Å². The summed E-state index contributed by atoms with van der Waals surface area (Å²) < 4.78 is 15.6. The number of ether oxygens (including phenoxy) is 3. The molecule has 3 rings (SSSR count). The molecule has 180 valence electrons. The maximum absolute atomic E-state index is 13.0. The lowest BCUT2D eigenvalue weighted by molar-refractivity contribution is -0.124. The first-order valence-corrected chi connectivity index (χ1v) is 11.5. The molecule has 10 nitrogen and oxygen atoms in total. The Hall–Kier alpha value is -3.73. The number of H-pyrrole nitrogens is 1. The van der Waals surface area contributed by atoms with Crippen LogP contribution in [-0.4, -0.2) is 53.1 Å². The molecule has 34 heavy (non-hydrogen) atoms. The number of aromatic amines is 1. The number of carbonyl (C=O) groups is 4. The SMILES string of the molecule is CCOC(=O)c1sc(NC(=O)C(CC)OC(=O)c2ccc3nc[nH]c3c2)c(C(=O)OCC)c1C. The van der Waals surface area contributed by atoms with Crippen molar-refractivity contribution in [2.45, 2.75) is 40.2 Å². The van der Waals surface area contributed by atoms with Crippen LogP contribution >= 0.6 is 11.3 Å². The average molecular weight is 488 g/mol. The molecule has 2 aromatic heterocycles. The highest BCUT2D eigenvalue weighted by Crippen LogP contribution is 2.34. The molecule has 0 aliphatic carbocycles. The Kier molecular flexibility index (Phi) is 8.00. The predicted octanol–water partition coefficient (Wildman–Crippen LogP) is 3.86. The van der Waals surface area contributed by atoms with Crippen LogP contribution < -0.4 is 5.32 Å². The predicted molar refractivity (Wildman–Crippen MR) is 125 cm³/mol. The zero-order valence-corrected chi connectivity index (χ0v) is 20.0. The van der Waals surface area contributed by atoms with Crippen LogP contribution in [0, 0.1) is 6.92 Å². The van der Waals surface area contributed by atoms with Gasteiger partial charge in [0.05, 0.1) is 41.7 Å². The first-order chi connectivity index (χ1) is 16.3. The van der Waals surface area contributed by atoms with Crippen molar-refractivity contribution in [3.05, 3.63) is 46.1 Å². The zero-order valence-electron chi connectivity index (χ0n) is 19.2. The topological polar surface area (TPSA) is 137 Å². The van der Waals surface area contributed by atoms with Crippen LogP contribution in [0.3, 0.4) is 0 Å². The van der Waals surface area contributed by atoms with Gasteiger partial charge in [0.25, 0.3) is 5.91 Å². The summed E-state index contributed by atoms with van der Waals surface area (Å²) in [7, 11) is 0. The molecule has 1 unspecified atom stereocenters. The second kappa shape index (κ2) is 10.9. The number of imidazole rings is 1. The number of fused-ring (bicyclic) bond motifs is 1. The molecule has 2 N–H and O–H groups in total. The molecule has 0 saturated carbocycles. The maximum atomic E-state index is 13.0. The molecule has 1 aromatic carbocycles. The van der Waals surface area contributed by atoms with Crippen molar-refractivity contribution in [1.29, 1.82) is 0 Å². The van der Waals surface area contributed by atoms with Crippen molar-refractivity contribution >= 4 is 51.2 Å². The fraction of sp³-hybridized carbons (Fsp3) is 0.348. The highest BCUT2D eigenvalue weighted by atomic mass is 32.1. The van der Waals surface area contributed by atoms with Gasteiger partial charge in [0.1, 0.15) is 9.88 Å². The fourth-order valence-electron chi connectivity index (χ4n) is 3.22. The standard InChI is InChI=1S/C23H25N3O7S/c1-5-16(33-21(28)13-8-9-14-15(10-13)25-11-24-14)19(27)26-20-17(22(29)31-6-2)12(4)18(34-20)23(30)32-7-3/h8-11,16H,5-7H2,1-4H3,(H,24,25)(H,26,27). The Morgan fingerprint density at radius 2 is 1.76 bits per heavy atom. The minimum absolute atomic E-state index is 0.0640. The molecule has 0 aliphatic heterocycles. The summed E-state index contributed by atoms with van der Waals surface area (Å²) in [5.74, 6) is -2.61. The number of esters is 3. The summed E-state index contributed by atoms with van der Waals surface area (Å²) in [6, 6.07) is 4.81. The number of benzene rings is 1. The van der Waals surface area contributed by atoms with Crippen LogP contribution in [0.4, 0.5) is 5.00 Å². The average Bonchev–Trinajstić information content (AvgIpc) is 3.41. The van der Waals surface area contributed by atoms with Crippen LogP contribution in [0.5, 0.6) is 0 Å². The van der Waals surface area contributed by atoms with Gasteiger partial charge in [-0.15, -0.1) is 11.3 Å². The molecule has 2 heterocycles. The van der Waals surface area contributed by atoms with E-state index in [-0.39, 0.29) is 40.6 Å². The Balaban J connectivity index is 1.82. The highest BCUT2D eigenvalue weighted by molar-refractivity contribution is 7.18. The summed E-state index contributed by atoms with van der Waals surface area (Å²) in [4.78, 5) is 57.6. The molecule has 1 amide bonds. The molecule has 0 bridgehead atoms. The van der Waals surface area contributed by atoms with E-state index in [0.717, 1.165) is 11.3 Å². The lowest BCUT2D eigenvalue weighted by Gasteiger charge is -2.16. The lowest BCUT2D eigenvalue weighted by atomic mass is 10.1. The number of carbonyl (C=O) groups excluding carboxylic acids is 4. The van der Waals surface area contributed by atoms with Gasteiger partial charge in [0.15, 0.2) is 6.10 Å². The normalized spacial score (nSPS) is 11.6. The van der Waals surface area contributed by atoms with Crippen molar-refractivity contribution in [2.24, 2.45) is 0 Å². The summed E-state index contributed by atoms with van der Waals surface area (Å²) >= 11 is 0.903. The van der Waals surface area contributed by atoms with Crippen molar-refractivity contribution in [3.8, 4) is 0 Å². The second-order valence-corrected chi connectivity index (χ2v) is 8.15. The van der Waals surface area contributed by atoms with Crippen LogP contribution in [-0.2, 0) is 19.0 Å². The highest BCUT2D eigenvalue weighted by Gasteiger charge is 2.30. The number of hydrogen-bond donors (Lipinski definition) is 2. The third-order valence-electron chi connectivity index (χ3n) is 4.89. The van der Waals surface area contributed by atoms with E-state index < -0.39 is 29.9 Å². The molecule has 0 aliphatic rings. The minimum atomic E-state index is -1.13. The molecule has 1 atom stereocenters. The van der Waals surface area contributed by atoms with Gasteiger partial charge in [-0.25, -0.2) is 19.4 Å². The Labute approximate surface area is 199 Å². The Morgan fingerprint density at radius 3 is 2.44 bits per heavy atom. The van der Waals surface area contributed by atoms with Gasteiger partial charge in [0.2, 0.25) is 0 Å². The molecule has 3 aromatic rings. The molecule has 0 radical (unpaired) electrons. The number of thiophene rings is 1. The molecule has 0 saturated heterocycles.